The summed E-state index contributed by atoms with van der Waals surface area (Å²) >= 11 is 0. The Kier molecular flexibility index (Phi) is 5.23. The number of aliphatic hydroxyl groups excluding tert-OH is 3. The molecule has 2 bridgehead atoms. The molecule has 2 aliphatic heterocycles. The van der Waals surface area contributed by atoms with Gasteiger partial charge in [0.2, 0.25) is 0 Å². The lowest BCUT2D eigenvalue weighted by molar-refractivity contribution is -0.352. The molecule has 5 aliphatic rings. The van der Waals surface area contributed by atoms with Crippen LogP contribution in [0.5, 0.6) is 0 Å². The van der Waals surface area contributed by atoms with E-state index in [-0.39, 0.29) is 6.61 Å². The molecule has 2 saturated carbocycles. The molecule has 2 heterocycles. The lowest BCUT2D eigenvalue weighted by Crippen LogP contribution is -2.81. The highest BCUT2D eigenvalue weighted by atomic mass is 16.7. The molecule has 12 atom stereocenters. The first-order valence-electron chi connectivity index (χ1n) is 11.9. The van der Waals surface area contributed by atoms with Crippen molar-refractivity contribution < 1.29 is 49.0 Å². The number of allylic oxidation sites excluding steroid dienone is 1. The zero-order valence-corrected chi connectivity index (χ0v) is 20.3. The average Bonchev–Trinajstić information content (AvgIpc) is 3.09. The van der Waals surface area contributed by atoms with Crippen molar-refractivity contribution in [3.8, 4) is 0 Å². The summed E-state index contributed by atoms with van der Waals surface area (Å²) in [4.78, 5) is 38.8. The molecule has 4 fully saturated rings. The highest BCUT2D eigenvalue weighted by molar-refractivity contribution is 5.96. The van der Waals surface area contributed by atoms with Gasteiger partial charge in [-0.3, -0.25) is 4.79 Å². The van der Waals surface area contributed by atoms with Crippen LogP contribution in [0.2, 0.25) is 0 Å². The van der Waals surface area contributed by atoms with Gasteiger partial charge in [-0.15, -0.1) is 0 Å². The molecule has 0 aromatic carbocycles. The van der Waals surface area contributed by atoms with E-state index in [4.69, 9.17) is 14.2 Å². The summed E-state index contributed by atoms with van der Waals surface area (Å²) in [6, 6.07) is 0. The first-order valence-corrected chi connectivity index (χ1v) is 11.9. The second-order valence-corrected chi connectivity index (χ2v) is 11.1. The molecule has 0 aromatic rings. The molecule has 10 heteroatoms. The quantitative estimate of drug-likeness (QED) is 0.296. The van der Waals surface area contributed by atoms with Crippen LogP contribution in [-0.4, -0.2) is 81.1 Å². The van der Waals surface area contributed by atoms with Gasteiger partial charge in [0.05, 0.1) is 6.61 Å². The van der Waals surface area contributed by atoms with Crippen LogP contribution in [0.25, 0.3) is 0 Å². The fraction of sp³-hybridized carbons (Fsp3) is 0.720. The van der Waals surface area contributed by atoms with E-state index in [0.29, 0.717) is 11.1 Å². The zero-order chi connectivity index (χ0) is 25.8. The van der Waals surface area contributed by atoms with Gasteiger partial charge in [0.25, 0.3) is 0 Å². The van der Waals surface area contributed by atoms with Crippen LogP contribution < -0.4 is 0 Å². The molecular weight excluding hydrogens is 460 g/mol. The zero-order valence-electron chi connectivity index (χ0n) is 20.3. The molecule has 35 heavy (non-hydrogen) atoms. The molecule has 1 spiro atoms. The third-order valence-electron chi connectivity index (χ3n) is 9.60. The van der Waals surface area contributed by atoms with Gasteiger partial charge in [0.15, 0.2) is 17.7 Å². The summed E-state index contributed by atoms with van der Waals surface area (Å²) in [6.07, 6.45) is -4.27. The van der Waals surface area contributed by atoms with Crippen molar-refractivity contribution in [2.45, 2.75) is 70.9 Å². The van der Waals surface area contributed by atoms with Crippen LogP contribution in [0.15, 0.2) is 23.3 Å². The van der Waals surface area contributed by atoms with E-state index in [9.17, 15) is 34.8 Å². The van der Waals surface area contributed by atoms with Gasteiger partial charge in [-0.1, -0.05) is 25.5 Å². The predicted molar refractivity (Wildman–Crippen MR) is 117 cm³/mol. The summed E-state index contributed by atoms with van der Waals surface area (Å²) in [5.74, 6) is -8.13. The Morgan fingerprint density at radius 2 is 1.91 bits per heavy atom. The minimum Gasteiger partial charge on any atom is -0.456 e. The van der Waals surface area contributed by atoms with Crippen LogP contribution >= 0.6 is 0 Å². The molecule has 10 nitrogen and oxygen atoms in total. The summed E-state index contributed by atoms with van der Waals surface area (Å²) in [5.41, 5.74) is -2.05. The van der Waals surface area contributed by atoms with Crippen LogP contribution in [0.4, 0.5) is 0 Å². The normalized spacial score (nSPS) is 52.8. The Morgan fingerprint density at radius 3 is 2.54 bits per heavy atom. The van der Waals surface area contributed by atoms with E-state index in [1.54, 1.807) is 40.7 Å². The van der Waals surface area contributed by atoms with Crippen LogP contribution in [-0.2, 0) is 28.6 Å². The second-order valence-electron chi connectivity index (χ2n) is 11.1. The molecule has 0 radical (unpaired) electrons. The maximum absolute atomic E-state index is 13.0. The van der Waals surface area contributed by atoms with Crippen molar-refractivity contribution in [1.29, 1.82) is 0 Å². The molecule has 0 aromatic heterocycles. The second kappa shape index (κ2) is 7.45. The number of carbonyl (C=O) groups excluding carboxylic acids is 3. The van der Waals surface area contributed by atoms with Gasteiger partial charge >= 0.3 is 11.9 Å². The summed E-state index contributed by atoms with van der Waals surface area (Å²) in [7, 11) is 0. The van der Waals surface area contributed by atoms with Crippen molar-refractivity contribution in [1.82, 2.24) is 0 Å². The number of ether oxygens (including phenoxy) is 3. The maximum Gasteiger partial charge on any atom is 0.335 e. The number of aliphatic hydroxyl groups is 4. The largest absolute Gasteiger partial charge is 0.456 e. The van der Waals surface area contributed by atoms with Gasteiger partial charge in [-0.05, 0) is 32.8 Å². The van der Waals surface area contributed by atoms with Crippen molar-refractivity contribution in [3.05, 3.63) is 23.3 Å². The van der Waals surface area contributed by atoms with Crippen molar-refractivity contribution in [3.63, 3.8) is 0 Å². The van der Waals surface area contributed by atoms with E-state index in [1.165, 1.54) is 6.08 Å². The van der Waals surface area contributed by atoms with Crippen LogP contribution in [0.1, 0.15) is 34.6 Å². The molecule has 5 rings (SSSR count). The molecule has 3 aliphatic carbocycles. The van der Waals surface area contributed by atoms with E-state index >= 15 is 0 Å². The average molecular weight is 493 g/mol. The molecule has 0 amide bonds. The van der Waals surface area contributed by atoms with Crippen molar-refractivity contribution in [2.24, 2.45) is 34.5 Å². The number of carbonyl (C=O) groups is 3. The monoisotopic (exact) mass is 492 g/mol. The number of esters is 2. The van der Waals surface area contributed by atoms with Crippen LogP contribution in [0, 0.1) is 34.5 Å². The van der Waals surface area contributed by atoms with E-state index < -0.39 is 88.5 Å². The van der Waals surface area contributed by atoms with E-state index in [1.807, 2.05) is 0 Å². The summed E-state index contributed by atoms with van der Waals surface area (Å²) in [6.45, 7) is 7.86. The SMILES string of the molecule is C/C=C(\C)C(=O)OC1C2C(C)=CC(=O)C(O)C2(C)C2C3(O)OCC24C1OC(=O)C(O)C4C(C)C3O. The lowest BCUT2D eigenvalue weighted by atomic mass is 9.37. The standard InChI is InChI=1S/C25H32O10/c1-6-9(2)20(30)34-16-13-10(3)7-12(26)18(29)23(13,5)22-24-8-33-25(22,32)17(28)11(4)14(24)15(27)21(31)35-19(16)24/h6-7,11,13-19,22,27-29,32H,8H2,1-5H3/b9-6+. The Bertz CT molecular complexity index is 1060. The van der Waals surface area contributed by atoms with E-state index in [0.717, 1.165) is 0 Å². The smallest absolute Gasteiger partial charge is 0.335 e. The first kappa shape index (κ1) is 24.6. The summed E-state index contributed by atoms with van der Waals surface area (Å²) in [5, 5.41) is 45.3. The third-order valence-corrected chi connectivity index (χ3v) is 9.60. The number of rotatable bonds is 2. The number of fused-ring (bicyclic) bond motifs is 1. The molecule has 2 saturated heterocycles. The molecular formula is C25H32O10. The number of hydrogen-bond donors (Lipinski definition) is 4. The fourth-order valence-electron chi connectivity index (χ4n) is 8.22. The minimum atomic E-state index is -2.20. The first-order chi connectivity index (χ1) is 16.3. The number of hydrogen-bond acceptors (Lipinski definition) is 10. The van der Waals surface area contributed by atoms with Gasteiger partial charge in [0.1, 0.15) is 24.4 Å². The molecule has 192 valence electrons. The van der Waals surface area contributed by atoms with Crippen LogP contribution in [0.3, 0.4) is 0 Å². The minimum absolute atomic E-state index is 0.238. The highest BCUT2D eigenvalue weighted by Gasteiger charge is 2.85. The van der Waals surface area contributed by atoms with Crippen molar-refractivity contribution >= 4 is 17.7 Å². The molecule has 12 unspecified atom stereocenters. The topological polar surface area (TPSA) is 160 Å². The fourth-order valence-corrected chi connectivity index (χ4v) is 8.22. The van der Waals surface area contributed by atoms with Gasteiger partial charge < -0.3 is 34.6 Å². The Balaban J connectivity index is 1.81. The predicted octanol–water partition coefficient (Wildman–Crippen LogP) is -0.375. The lowest BCUT2D eigenvalue weighted by Gasteiger charge is -2.69. The van der Waals surface area contributed by atoms with Crippen molar-refractivity contribution in [2.75, 3.05) is 6.61 Å². The van der Waals surface area contributed by atoms with Gasteiger partial charge in [-0.2, -0.15) is 0 Å². The van der Waals surface area contributed by atoms with Gasteiger partial charge in [-0.25, -0.2) is 9.59 Å². The highest BCUT2D eigenvalue weighted by Crippen LogP contribution is 2.73. The third kappa shape index (κ3) is 2.69. The Morgan fingerprint density at radius 1 is 1.26 bits per heavy atom. The van der Waals surface area contributed by atoms with Gasteiger partial charge in [0, 0.05) is 34.2 Å². The van der Waals surface area contributed by atoms with E-state index in [2.05, 4.69) is 0 Å². The Labute approximate surface area is 202 Å². The maximum atomic E-state index is 13.0. The Hall–Kier alpha value is -2.11. The molecule has 4 N–H and O–H groups in total. The summed E-state index contributed by atoms with van der Waals surface area (Å²) < 4.78 is 17.6. The number of ketones is 1.